The van der Waals surface area contributed by atoms with E-state index >= 15 is 0 Å². The van der Waals surface area contributed by atoms with Crippen molar-refractivity contribution in [2.75, 3.05) is 19.1 Å². The van der Waals surface area contributed by atoms with E-state index in [4.69, 9.17) is 21.1 Å². The smallest absolute Gasteiger partial charge is 0.301 e. The number of Topliss-reactive ketones (excluding diaryl/α,β-unsaturated/α-hetero) is 1. The van der Waals surface area contributed by atoms with Gasteiger partial charge in [0.25, 0.3) is 5.78 Å². The number of rotatable bonds is 5. The predicted molar refractivity (Wildman–Crippen MR) is 127 cm³/mol. The Morgan fingerprint density at radius 2 is 1.88 bits per heavy atom. The van der Waals surface area contributed by atoms with Gasteiger partial charge < -0.3 is 14.6 Å². The van der Waals surface area contributed by atoms with Crippen LogP contribution in [0, 0.1) is 13.8 Å². The van der Waals surface area contributed by atoms with Crippen LogP contribution in [0.1, 0.15) is 27.7 Å². The highest BCUT2D eigenvalue weighted by Crippen LogP contribution is 2.44. The molecule has 0 bridgehead atoms. The second-order valence-electron chi connectivity index (χ2n) is 7.43. The summed E-state index contributed by atoms with van der Waals surface area (Å²) < 4.78 is 10.5. The first-order valence-corrected chi connectivity index (χ1v) is 11.2. The minimum Gasteiger partial charge on any atom is -0.507 e. The summed E-state index contributed by atoms with van der Waals surface area (Å²) in [6.07, 6.45) is 0. The molecule has 1 aromatic heterocycles. The van der Waals surface area contributed by atoms with Gasteiger partial charge in [0.1, 0.15) is 17.3 Å². The molecular weight excluding hydrogens is 464 g/mol. The monoisotopic (exact) mass is 484 g/mol. The molecular formula is C24H21ClN2O5S. The lowest BCUT2D eigenvalue weighted by Crippen LogP contribution is -2.29. The first-order chi connectivity index (χ1) is 15.8. The van der Waals surface area contributed by atoms with Crippen LogP contribution in [0.2, 0.25) is 5.02 Å². The Balaban J connectivity index is 1.95. The summed E-state index contributed by atoms with van der Waals surface area (Å²) in [6.45, 7) is 3.73. The summed E-state index contributed by atoms with van der Waals surface area (Å²) in [5.41, 5.74) is 1.60. The van der Waals surface area contributed by atoms with Crippen LogP contribution in [-0.2, 0) is 9.59 Å². The van der Waals surface area contributed by atoms with Gasteiger partial charge in [0, 0.05) is 10.4 Å². The molecule has 1 N–H and O–H groups in total. The Bertz CT molecular complexity index is 1280. The Kier molecular flexibility index (Phi) is 6.14. The van der Waals surface area contributed by atoms with Crippen LogP contribution in [0.5, 0.6) is 11.5 Å². The van der Waals surface area contributed by atoms with E-state index in [1.54, 1.807) is 36.4 Å². The van der Waals surface area contributed by atoms with Crippen LogP contribution < -0.4 is 14.4 Å². The molecule has 2 aromatic carbocycles. The fourth-order valence-electron chi connectivity index (χ4n) is 3.68. The standard InChI is InChI=1S/C24H21ClN2O5S/c1-12-13(2)33-24(26-12)27-20(14-6-5-7-16(10-14)31-3)19(22(29)23(27)30)21(28)15-8-9-18(32-4)17(25)11-15/h5-11,20,28H,1-4H3/b21-19+/t20-/m0/s1. The van der Waals surface area contributed by atoms with Gasteiger partial charge in [0.05, 0.1) is 36.6 Å². The Hall–Kier alpha value is -3.36. The highest BCUT2D eigenvalue weighted by atomic mass is 35.5. The molecule has 2 heterocycles. The quantitative estimate of drug-likeness (QED) is 0.309. The topological polar surface area (TPSA) is 89.0 Å². The minimum absolute atomic E-state index is 0.0556. The number of ether oxygens (including phenoxy) is 2. The third-order valence-electron chi connectivity index (χ3n) is 5.50. The van der Waals surface area contributed by atoms with Gasteiger partial charge in [-0.3, -0.25) is 14.5 Å². The summed E-state index contributed by atoms with van der Waals surface area (Å²) in [5.74, 6) is -0.933. The number of methoxy groups -OCH3 is 2. The van der Waals surface area contributed by atoms with Crippen LogP contribution in [0.3, 0.4) is 0 Å². The molecule has 1 atom stereocenters. The van der Waals surface area contributed by atoms with Crippen molar-refractivity contribution in [1.82, 2.24) is 4.98 Å². The van der Waals surface area contributed by atoms with Gasteiger partial charge in [-0.05, 0) is 49.7 Å². The molecule has 1 saturated heterocycles. The van der Waals surface area contributed by atoms with E-state index in [9.17, 15) is 14.7 Å². The number of aliphatic hydroxyl groups is 1. The van der Waals surface area contributed by atoms with Gasteiger partial charge >= 0.3 is 5.91 Å². The average molecular weight is 485 g/mol. The lowest BCUT2D eigenvalue weighted by atomic mass is 9.95. The number of amides is 1. The zero-order valence-electron chi connectivity index (χ0n) is 18.4. The molecule has 1 aliphatic rings. The molecule has 0 unspecified atom stereocenters. The molecule has 7 nitrogen and oxygen atoms in total. The summed E-state index contributed by atoms with van der Waals surface area (Å²) >= 11 is 7.55. The first kappa shape index (κ1) is 22.8. The van der Waals surface area contributed by atoms with Crippen molar-refractivity contribution in [3.63, 3.8) is 0 Å². The number of aromatic nitrogens is 1. The number of benzene rings is 2. The van der Waals surface area contributed by atoms with Crippen molar-refractivity contribution >= 4 is 45.5 Å². The second-order valence-corrected chi connectivity index (χ2v) is 9.02. The van der Waals surface area contributed by atoms with Crippen LogP contribution in [0.15, 0.2) is 48.0 Å². The summed E-state index contributed by atoms with van der Waals surface area (Å²) in [5, 5.41) is 11.9. The SMILES string of the molecule is COc1cccc([C@H]2/C(=C(\O)c3ccc(OC)c(Cl)c3)C(=O)C(=O)N2c2nc(C)c(C)s2)c1. The normalized spacial score (nSPS) is 17.5. The molecule has 0 radical (unpaired) electrons. The van der Waals surface area contributed by atoms with E-state index in [1.165, 1.54) is 36.5 Å². The maximum absolute atomic E-state index is 13.2. The van der Waals surface area contributed by atoms with Crippen LogP contribution in [0.25, 0.3) is 5.76 Å². The molecule has 0 saturated carbocycles. The number of carbonyl (C=O) groups excluding carboxylic acids is 2. The van der Waals surface area contributed by atoms with E-state index in [2.05, 4.69) is 4.98 Å². The molecule has 3 aromatic rings. The fourth-order valence-corrected chi connectivity index (χ4v) is 4.88. The van der Waals surface area contributed by atoms with Crippen molar-refractivity contribution in [1.29, 1.82) is 0 Å². The number of hydrogen-bond acceptors (Lipinski definition) is 7. The molecule has 0 aliphatic carbocycles. The van der Waals surface area contributed by atoms with Crippen molar-refractivity contribution in [3.05, 3.63) is 74.8 Å². The molecule has 170 valence electrons. The molecule has 33 heavy (non-hydrogen) atoms. The molecule has 9 heteroatoms. The largest absolute Gasteiger partial charge is 0.507 e. The fraction of sp³-hybridized carbons (Fsp3) is 0.208. The number of thiazole rings is 1. The van der Waals surface area contributed by atoms with Gasteiger partial charge in [-0.1, -0.05) is 23.7 Å². The zero-order valence-corrected chi connectivity index (χ0v) is 20.0. The van der Waals surface area contributed by atoms with Gasteiger partial charge in [0.15, 0.2) is 5.13 Å². The Labute approximate surface area is 199 Å². The summed E-state index contributed by atoms with van der Waals surface area (Å²) in [4.78, 5) is 33.2. The maximum atomic E-state index is 13.2. The lowest BCUT2D eigenvalue weighted by Gasteiger charge is -2.23. The molecule has 0 spiro atoms. The highest BCUT2D eigenvalue weighted by molar-refractivity contribution is 7.16. The van der Waals surface area contributed by atoms with Gasteiger partial charge in [0.2, 0.25) is 0 Å². The number of hydrogen-bond donors (Lipinski definition) is 1. The number of halogens is 1. The average Bonchev–Trinajstić information content (AvgIpc) is 3.28. The van der Waals surface area contributed by atoms with Gasteiger partial charge in [-0.25, -0.2) is 4.98 Å². The molecule has 1 amide bonds. The maximum Gasteiger partial charge on any atom is 0.301 e. The zero-order chi connectivity index (χ0) is 23.9. The van der Waals surface area contributed by atoms with E-state index < -0.39 is 17.7 Å². The van der Waals surface area contributed by atoms with E-state index in [0.29, 0.717) is 22.2 Å². The van der Waals surface area contributed by atoms with Crippen molar-refractivity contribution < 1.29 is 24.2 Å². The third-order valence-corrected chi connectivity index (χ3v) is 6.87. The summed E-state index contributed by atoms with van der Waals surface area (Å²) in [6, 6.07) is 10.8. The van der Waals surface area contributed by atoms with E-state index in [-0.39, 0.29) is 21.9 Å². The van der Waals surface area contributed by atoms with E-state index in [0.717, 1.165) is 10.6 Å². The molecule has 1 fully saturated rings. The Morgan fingerprint density at radius 3 is 2.48 bits per heavy atom. The number of anilines is 1. The number of aliphatic hydroxyl groups excluding tert-OH is 1. The van der Waals surface area contributed by atoms with Crippen molar-refractivity contribution in [2.45, 2.75) is 19.9 Å². The predicted octanol–water partition coefficient (Wildman–Crippen LogP) is 5.06. The molecule has 1 aliphatic heterocycles. The number of nitrogens with zero attached hydrogens (tertiary/aromatic N) is 2. The molecule has 4 rings (SSSR count). The van der Waals surface area contributed by atoms with Crippen LogP contribution >= 0.6 is 22.9 Å². The third kappa shape index (κ3) is 3.96. The number of ketones is 1. The van der Waals surface area contributed by atoms with Crippen molar-refractivity contribution in [3.8, 4) is 11.5 Å². The first-order valence-electron chi connectivity index (χ1n) is 9.99. The van der Waals surface area contributed by atoms with E-state index in [1.807, 2.05) is 13.8 Å². The lowest BCUT2D eigenvalue weighted by molar-refractivity contribution is -0.132. The number of carbonyl (C=O) groups is 2. The van der Waals surface area contributed by atoms with Gasteiger partial charge in [-0.2, -0.15) is 0 Å². The second kappa shape index (κ2) is 8.88. The minimum atomic E-state index is -0.897. The summed E-state index contributed by atoms with van der Waals surface area (Å²) in [7, 11) is 3.01. The van der Waals surface area contributed by atoms with Crippen LogP contribution in [0.4, 0.5) is 5.13 Å². The van der Waals surface area contributed by atoms with Crippen molar-refractivity contribution in [2.24, 2.45) is 0 Å². The highest BCUT2D eigenvalue weighted by Gasteiger charge is 2.48. The van der Waals surface area contributed by atoms with Gasteiger partial charge in [-0.15, -0.1) is 11.3 Å². The number of aryl methyl sites for hydroxylation is 2. The van der Waals surface area contributed by atoms with Crippen LogP contribution in [-0.4, -0.2) is 36.0 Å². The Morgan fingerprint density at radius 1 is 1.12 bits per heavy atom.